The van der Waals surface area contributed by atoms with E-state index in [0.29, 0.717) is 23.3 Å². The Morgan fingerprint density at radius 2 is 1.93 bits per heavy atom. The molecule has 7 heteroatoms. The van der Waals surface area contributed by atoms with Crippen molar-refractivity contribution >= 4 is 16.8 Å². The van der Waals surface area contributed by atoms with Gasteiger partial charge in [0, 0.05) is 73.7 Å². The fourth-order valence-electron chi connectivity index (χ4n) is 4.28. The van der Waals surface area contributed by atoms with Crippen molar-refractivity contribution in [1.29, 1.82) is 0 Å². The number of guanidine groups is 1. The average Bonchev–Trinajstić information content (AvgIpc) is 2.67. The van der Waals surface area contributed by atoms with Gasteiger partial charge in [-0.3, -0.25) is 14.1 Å². The molecule has 2 fully saturated rings. The predicted molar refractivity (Wildman–Crippen MR) is 117 cm³/mol. The Morgan fingerprint density at radius 3 is 2.52 bits per heavy atom. The molecule has 1 aliphatic carbocycles. The van der Waals surface area contributed by atoms with Gasteiger partial charge in [0.25, 0.3) is 0 Å². The molecule has 0 aromatic carbocycles. The van der Waals surface area contributed by atoms with Crippen molar-refractivity contribution in [2.45, 2.75) is 63.8 Å². The number of hydrogen-bond acceptors (Lipinski definition) is 4. The topological polar surface area (TPSA) is 60.0 Å². The van der Waals surface area contributed by atoms with Gasteiger partial charge < -0.3 is 15.5 Å². The van der Waals surface area contributed by atoms with Gasteiger partial charge in [0.05, 0.1) is 0 Å². The summed E-state index contributed by atoms with van der Waals surface area (Å²) in [6.45, 7) is 12.1. The molecule has 1 aliphatic heterocycles. The van der Waals surface area contributed by atoms with E-state index in [1.807, 2.05) is 14.0 Å². The maximum absolute atomic E-state index is 12.2. The molecule has 1 heterocycles. The van der Waals surface area contributed by atoms with Gasteiger partial charge in [-0.15, -0.1) is 0 Å². The smallest absolute Gasteiger partial charge is 0.191 e. The van der Waals surface area contributed by atoms with Crippen LogP contribution in [0.1, 0.15) is 46.5 Å². The summed E-state index contributed by atoms with van der Waals surface area (Å²) in [6.07, 6.45) is 4.39. The standard InChI is InChI=1S/C20H41N5OS/c1-6-27(26)18-9-7-8-17(14-18)23-20(21-4)22-15-19(16(2)3)25-12-10-24(5)11-13-25/h16-19H,6-15H2,1-5H3,(H2,21,22,23). The summed E-state index contributed by atoms with van der Waals surface area (Å²) in [5.41, 5.74) is 0. The third-order valence-corrected chi connectivity index (χ3v) is 7.84. The summed E-state index contributed by atoms with van der Waals surface area (Å²) in [4.78, 5) is 9.47. The lowest BCUT2D eigenvalue weighted by Gasteiger charge is -2.40. The Balaban J connectivity index is 1.85. The summed E-state index contributed by atoms with van der Waals surface area (Å²) < 4.78 is 12.2. The zero-order chi connectivity index (χ0) is 19.8. The first kappa shape index (κ1) is 22.6. The Morgan fingerprint density at radius 1 is 1.22 bits per heavy atom. The third kappa shape index (κ3) is 7.02. The Bertz CT molecular complexity index is 491. The summed E-state index contributed by atoms with van der Waals surface area (Å²) in [5.74, 6) is 2.26. The lowest BCUT2D eigenvalue weighted by Crippen LogP contribution is -2.56. The van der Waals surface area contributed by atoms with E-state index < -0.39 is 10.8 Å². The van der Waals surface area contributed by atoms with Crippen molar-refractivity contribution < 1.29 is 4.21 Å². The van der Waals surface area contributed by atoms with Gasteiger partial charge in [0.1, 0.15) is 0 Å². The van der Waals surface area contributed by atoms with Crippen LogP contribution in [-0.4, -0.2) is 89.9 Å². The van der Waals surface area contributed by atoms with E-state index in [-0.39, 0.29) is 0 Å². The molecule has 2 rings (SSSR count). The molecule has 2 aliphatic rings. The normalized spacial score (nSPS) is 28.1. The summed E-state index contributed by atoms with van der Waals surface area (Å²) >= 11 is 0. The number of rotatable bonds is 7. The quantitative estimate of drug-likeness (QED) is 0.502. The monoisotopic (exact) mass is 399 g/mol. The molecule has 4 atom stereocenters. The molecule has 0 amide bonds. The molecular weight excluding hydrogens is 358 g/mol. The minimum Gasteiger partial charge on any atom is -0.355 e. The van der Waals surface area contributed by atoms with Gasteiger partial charge >= 0.3 is 0 Å². The van der Waals surface area contributed by atoms with Crippen LogP contribution in [0.4, 0.5) is 0 Å². The number of piperazine rings is 1. The van der Waals surface area contributed by atoms with Crippen LogP contribution in [-0.2, 0) is 10.8 Å². The first-order valence-electron chi connectivity index (χ1n) is 10.7. The molecule has 0 spiro atoms. The van der Waals surface area contributed by atoms with Gasteiger partial charge in [-0.25, -0.2) is 0 Å². The van der Waals surface area contributed by atoms with Crippen molar-refractivity contribution in [2.24, 2.45) is 10.9 Å². The molecule has 0 aromatic rings. The largest absolute Gasteiger partial charge is 0.355 e. The molecule has 0 bridgehead atoms. The van der Waals surface area contributed by atoms with Crippen LogP contribution in [0.25, 0.3) is 0 Å². The maximum Gasteiger partial charge on any atom is 0.191 e. The first-order valence-corrected chi connectivity index (χ1v) is 12.1. The van der Waals surface area contributed by atoms with Crippen LogP contribution in [0.2, 0.25) is 0 Å². The van der Waals surface area contributed by atoms with Gasteiger partial charge in [-0.05, 0) is 32.2 Å². The predicted octanol–water partition coefficient (Wildman–Crippen LogP) is 1.50. The number of nitrogens with zero attached hydrogens (tertiary/aromatic N) is 3. The van der Waals surface area contributed by atoms with E-state index in [0.717, 1.165) is 70.1 Å². The van der Waals surface area contributed by atoms with Crippen molar-refractivity contribution in [1.82, 2.24) is 20.4 Å². The van der Waals surface area contributed by atoms with E-state index in [2.05, 4.69) is 46.3 Å². The Labute approximate surface area is 169 Å². The molecule has 0 aromatic heterocycles. The molecule has 4 unspecified atom stereocenters. The molecule has 0 radical (unpaired) electrons. The Hall–Kier alpha value is -0.660. The highest BCUT2D eigenvalue weighted by Crippen LogP contribution is 2.23. The van der Waals surface area contributed by atoms with Crippen molar-refractivity contribution in [3.05, 3.63) is 0 Å². The molecule has 27 heavy (non-hydrogen) atoms. The number of likely N-dealkylation sites (N-methyl/N-ethyl adjacent to an activating group) is 1. The lowest BCUT2D eigenvalue weighted by atomic mass is 9.95. The second-order valence-corrected chi connectivity index (χ2v) is 10.4. The SMILES string of the molecule is CCS(=O)C1CCCC(NC(=NC)NCC(C(C)C)N2CCN(C)CC2)C1. The van der Waals surface area contributed by atoms with Crippen LogP contribution in [0.3, 0.4) is 0 Å². The highest BCUT2D eigenvalue weighted by Gasteiger charge is 2.27. The van der Waals surface area contributed by atoms with E-state index in [4.69, 9.17) is 0 Å². The molecule has 2 N–H and O–H groups in total. The highest BCUT2D eigenvalue weighted by atomic mass is 32.2. The number of nitrogens with one attached hydrogen (secondary N) is 2. The zero-order valence-corrected chi connectivity index (χ0v) is 18.9. The minimum atomic E-state index is -0.685. The lowest BCUT2D eigenvalue weighted by molar-refractivity contribution is 0.0899. The van der Waals surface area contributed by atoms with Gasteiger partial charge in [0.15, 0.2) is 5.96 Å². The minimum absolute atomic E-state index is 0.341. The molecular formula is C20H41N5OS. The van der Waals surface area contributed by atoms with E-state index >= 15 is 0 Å². The van der Waals surface area contributed by atoms with Crippen LogP contribution in [0.15, 0.2) is 4.99 Å². The molecule has 6 nitrogen and oxygen atoms in total. The average molecular weight is 400 g/mol. The second kappa shape index (κ2) is 11.4. The zero-order valence-electron chi connectivity index (χ0n) is 18.0. The highest BCUT2D eigenvalue weighted by molar-refractivity contribution is 7.85. The van der Waals surface area contributed by atoms with E-state index in [9.17, 15) is 4.21 Å². The van der Waals surface area contributed by atoms with Gasteiger partial charge in [-0.1, -0.05) is 27.2 Å². The van der Waals surface area contributed by atoms with Crippen molar-refractivity contribution in [2.75, 3.05) is 52.6 Å². The molecule has 158 valence electrons. The molecule has 1 saturated carbocycles. The van der Waals surface area contributed by atoms with Crippen LogP contribution >= 0.6 is 0 Å². The summed E-state index contributed by atoms with van der Waals surface area (Å²) in [6, 6.07) is 0.899. The van der Waals surface area contributed by atoms with Crippen LogP contribution in [0.5, 0.6) is 0 Å². The van der Waals surface area contributed by atoms with E-state index in [1.165, 1.54) is 0 Å². The number of aliphatic imine (C=N–C) groups is 1. The fraction of sp³-hybridized carbons (Fsp3) is 0.950. The number of hydrogen-bond donors (Lipinski definition) is 2. The van der Waals surface area contributed by atoms with Crippen molar-refractivity contribution in [3.63, 3.8) is 0 Å². The van der Waals surface area contributed by atoms with E-state index in [1.54, 1.807) is 0 Å². The van der Waals surface area contributed by atoms with Crippen molar-refractivity contribution in [3.8, 4) is 0 Å². The van der Waals surface area contributed by atoms with Gasteiger partial charge in [0.2, 0.25) is 0 Å². The Kier molecular flexibility index (Phi) is 9.53. The molecule has 1 saturated heterocycles. The van der Waals surface area contributed by atoms with Crippen LogP contribution in [0, 0.1) is 5.92 Å². The summed E-state index contributed by atoms with van der Waals surface area (Å²) in [5, 5.41) is 7.51. The fourth-order valence-corrected chi connectivity index (χ4v) is 5.63. The first-order chi connectivity index (χ1) is 12.9. The summed E-state index contributed by atoms with van der Waals surface area (Å²) in [7, 11) is 3.36. The second-order valence-electron chi connectivity index (χ2n) is 8.40. The maximum atomic E-state index is 12.2. The van der Waals surface area contributed by atoms with Crippen LogP contribution < -0.4 is 10.6 Å². The van der Waals surface area contributed by atoms with Gasteiger partial charge in [-0.2, -0.15) is 0 Å². The third-order valence-electron chi connectivity index (χ3n) is 6.10.